The third-order valence-electron chi connectivity index (χ3n) is 4.76. The summed E-state index contributed by atoms with van der Waals surface area (Å²) in [6, 6.07) is 16.8. The highest BCUT2D eigenvalue weighted by Crippen LogP contribution is 2.30. The third-order valence-corrected chi connectivity index (χ3v) is 4.76. The van der Waals surface area contributed by atoms with Crippen molar-refractivity contribution in [1.29, 1.82) is 0 Å². The quantitative estimate of drug-likeness (QED) is 0.729. The smallest absolute Gasteiger partial charge is 0.254 e. The molecule has 0 radical (unpaired) electrons. The van der Waals surface area contributed by atoms with Gasteiger partial charge in [0.05, 0.1) is 6.61 Å². The van der Waals surface area contributed by atoms with E-state index in [9.17, 15) is 4.79 Å². The molecule has 0 saturated heterocycles. The molecule has 0 heterocycles. The van der Waals surface area contributed by atoms with Crippen LogP contribution in [0.4, 0.5) is 0 Å². The summed E-state index contributed by atoms with van der Waals surface area (Å²) in [7, 11) is 1.68. The molecule has 0 aliphatic heterocycles. The van der Waals surface area contributed by atoms with E-state index in [1.165, 1.54) is 11.1 Å². The van der Waals surface area contributed by atoms with E-state index in [2.05, 4.69) is 38.1 Å². The van der Waals surface area contributed by atoms with Crippen LogP contribution in [0.25, 0.3) is 0 Å². The second-order valence-corrected chi connectivity index (χ2v) is 7.19. The van der Waals surface area contributed by atoms with Crippen molar-refractivity contribution < 1.29 is 9.53 Å². The minimum absolute atomic E-state index is 0.124. The average molecular weight is 337 g/mol. The predicted octanol–water partition coefficient (Wildman–Crippen LogP) is 4.76. The van der Waals surface area contributed by atoms with Gasteiger partial charge in [0, 0.05) is 25.3 Å². The number of methoxy groups -OCH3 is 1. The van der Waals surface area contributed by atoms with Crippen LogP contribution >= 0.6 is 0 Å². The Labute approximate surface area is 150 Å². The van der Waals surface area contributed by atoms with Crippen molar-refractivity contribution in [3.63, 3.8) is 0 Å². The molecule has 1 amide bonds. The number of hydrogen-bond donors (Lipinski definition) is 0. The van der Waals surface area contributed by atoms with Crippen LogP contribution in [0.3, 0.4) is 0 Å². The number of ether oxygens (including phenoxy) is 1. The fourth-order valence-electron chi connectivity index (χ4n) is 3.03. The summed E-state index contributed by atoms with van der Waals surface area (Å²) in [5.74, 6) is 0.653. The number of carbonyl (C=O) groups is 1. The normalized spacial score (nSPS) is 13.9. The van der Waals surface area contributed by atoms with Crippen LogP contribution in [-0.4, -0.2) is 24.0 Å². The van der Waals surface area contributed by atoms with Crippen molar-refractivity contribution >= 4 is 5.91 Å². The molecule has 132 valence electrons. The van der Waals surface area contributed by atoms with Crippen molar-refractivity contribution in [3.8, 4) is 0 Å². The number of nitrogens with zero attached hydrogens (tertiary/aromatic N) is 1. The Bertz CT molecular complexity index is 700. The molecule has 3 heteroatoms. The molecule has 1 aliphatic carbocycles. The Morgan fingerprint density at radius 2 is 1.64 bits per heavy atom. The van der Waals surface area contributed by atoms with E-state index in [-0.39, 0.29) is 5.91 Å². The summed E-state index contributed by atoms with van der Waals surface area (Å²) in [6.07, 6.45) is 2.22. The molecule has 2 aromatic rings. The van der Waals surface area contributed by atoms with Gasteiger partial charge in [-0.3, -0.25) is 4.79 Å². The first-order valence-corrected chi connectivity index (χ1v) is 9.06. The molecule has 1 aliphatic rings. The van der Waals surface area contributed by atoms with Gasteiger partial charge < -0.3 is 9.64 Å². The largest absolute Gasteiger partial charge is 0.380 e. The molecule has 0 atom stereocenters. The van der Waals surface area contributed by atoms with Gasteiger partial charge in [-0.1, -0.05) is 50.2 Å². The van der Waals surface area contributed by atoms with Gasteiger partial charge in [0.15, 0.2) is 0 Å². The minimum atomic E-state index is 0.124. The highest BCUT2D eigenvalue weighted by atomic mass is 16.5. The highest BCUT2D eigenvalue weighted by molar-refractivity contribution is 5.94. The Morgan fingerprint density at radius 3 is 2.16 bits per heavy atom. The van der Waals surface area contributed by atoms with Crippen molar-refractivity contribution in [2.24, 2.45) is 0 Å². The third kappa shape index (κ3) is 4.49. The van der Waals surface area contributed by atoms with E-state index in [0.717, 1.165) is 24.0 Å². The number of hydrogen-bond acceptors (Lipinski definition) is 2. The van der Waals surface area contributed by atoms with Gasteiger partial charge in [-0.25, -0.2) is 0 Å². The Hall–Kier alpha value is -2.13. The fraction of sp³-hybridized carbons (Fsp3) is 0.409. The first-order chi connectivity index (χ1) is 12.1. The van der Waals surface area contributed by atoms with Crippen LogP contribution in [0, 0.1) is 0 Å². The zero-order chi connectivity index (χ0) is 17.8. The molecule has 0 bridgehead atoms. The van der Waals surface area contributed by atoms with Gasteiger partial charge >= 0.3 is 0 Å². The number of benzene rings is 2. The molecule has 1 saturated carbocycles. The Kier molecular flexibility index (Phi) is 5.54. The number of carbonyl (C=O) groups excluding carboxylic acids is 1. The molecule has 3 rings (SSSR count). The van der Waals surface area contributed by atoms with Gasteiger partial charge in [-0.15, -0.1) is 0 Å². The maximum Gasteiger partial charge on any atom is 0.254 e. The van der Waals surface area contributed by atoms with Gasteiger partial charge in [0.1, 0.15) is 0 Å². The summed E-state index contributed by atoms with van der Waals surface area (Å²) < 4.78 is 5.13. The van der Waals surface area contributed by atoms with Crippen molar-refractivity contribution in [1.82, 2.24) is 4.90 Å². The Morgan fingerprint density at radius 1 is 1.04 bits per heavy atom. The zero-order valence-electron chi connectivity index (χ0n) is 15.4. The topological polar surface area (TPSA) is 29.5 Å². The lowest BCUT2D eigenvalue weighted by atomic mass is 10.0. The van der Waals surface area contributed by atoms with Crippen LogP contribution in [0.5, 0.6) is 0 Å². The van der Waals surface area contributed by atoms with Gasteiger partial charge in [-0.2, -0.15) is 0 Å². The standard InChI is InChI=1S/C22H27NO2/c1-16(2)19-8-4-17(5-9-19)14-23(21-12-13-21)22(24)20-10-6-18(7-11-20)15-25-3/h4-11,16,21H,12-15H2,1-3H3. The summed E-state index contributed by atoms with van der Waals surface area (Å²) in [6.45, 7) is 5.65. The van der Waals surface area contributed by atoms with E-state index in [4.69, 9.17) is 4.74 Å². The molecule has 2 aromatic carbocycles. The van der Waals surface area contributed by atoms with Gasteiger partial charge in [0.25, 0.3) is 5.91 Å². The molecule has 1 fully saturated rings. The van der Waals surface area contributed by atoms with Crippen LogP contribution in [-0.2, 0) is 17.9 Å². The van der Waals surface area contributed by atoms with Crippen LogP contribution in [0.1, 0.15) is 59.7 Å². The maximum atomic E-state index is 13.0. The van der Waals surface area contributed by atoms with E-state index in [1.54, 1.807) is 7.11 Å². The van der Waals surface area contributed by atoms with Crippen molar-refractivity contribution in [2.45, 2.75) is 51.8 Å². The second-order valence-electron chi connectivity index (χ2n) is 7.19. The Balaban J connectivity index is 1.73. The van der Waals surface area contributed by atoms with E-state index >= 15 is 0 Å². The second kappa shape index (κ2) is 7.83. The molecule has 0 unspecified atom stereocenters. The number of rotatable bonds is 7. The fourth-order valence-corrected chi connectivity index (χ4v) is 3.03. The van der Waals surface area contributed by atoms with E-state index in [0.29, 0.717) is 25.1 Å². The molecule has 0 spiro atoms. The molecule has 0 N–H and O–H groups in total. The van der Waals surface area contributed by atoms with Crippen molar-refractivity contribution in [2.75, 3.05) is 7.11 Å². The van der Waals surface area contributed by atoms with Crippen LogP contribution in [0.15, 0.2) is 48.5 Å². The lowest BCUT2D eigenvalue weighted by molar-refractivity contribution is 0.0730. The lowest BCUT2D eigenvalue weighted by Crippen LogP contribution is -2.32. The SMILES string of the molecule is COCc1ccc(C(=O)N(Cc2ccc(C(C)C)cc2)C2CC2)cc1. The van der Waals surface area contributed by atoms with E-state index < -0.39 is 0 Å². The first-order valence-electron chi connectivity index (χ1n) is 9.06. The van der Waals surface area contributed by atoms with Gasteiger partial charge in [-0.05, 0) is 47.6 Å². The number of amides is 1. The lowest BCUT2D eigenvalue weighted by Gasteiger charge is -2.23. The maximum absolute atomic E-state index is 13.0. The zero-order valence-corrected chi connectivity index (χ0v) is 15.4. The molecule has 0 aromatic heterocycles. The predicted molar refractivity (Wildman–Crippen MR) is 101 cm³/mol. The average Bonchev–Trinajstić information content (AvgIpc) is 3.45. The van der Waals surface area contributed by atoms with E-state index in [1.807, 2.05) is 29.2 Å². The summed E-state index contributed by atoms with van der Waals surface area (Å²) in [5.41, 5.74) is 4.37. The van der Waals surface area contributed by atoms with Gasteiger partial charge in [0.2, 0.25) is 0 Å². The van der Waals surface area contributed by atoms with Crippen molar-refractivity contribution in [3.05, 3.63) is 70.8 Å². The van der Waals surface area contributed by atoms with Crippen LogP contribution < -0.4 is 0 Å². The van der Waals surface area contributed by atoms with Crippen LogP contribution in [0.2, 0.25) is 0 Å². The monoisotopic (exact) mass is 337 g/mol. The highest BCUT2D eigenvalue weighted by Gasteiger charge is 2.33. The summed E-state index contributed by atoms with van der Waals surface area (Å²) in [4.78, 5) is 15.0. The summed E-state index contributed by atoms with van der Waals surface area (Å²) >= 11 is 0. The first kappa shape index (κ1) is 17.7. The summed E-state index contributed by atoms with van der Waals surface area (Å²) in [5, 5.41) is 0. The molecular weight excluding hydrogens is 310 g/mol. The molecule has 3 nitrogen and oxygen atoms in total. The minimum Gasteiger partial charge on any atom is -0.380 e. The molecule has 25 heavy (non-hydrogen) atoms. The molecular formula is C22H27NO2.